The predicted octanol–water partition coefficient (Wildman–Crippen LogP) is 2.75. The van der Waals surface area contributed by atoms with Crippen LogP contribution in [0.25, 0.3) is 11.4 Å². The van der Waals surface area contributed by atoms with E-state index in [-0.39, 0.29) is 0 Å². The second kappa shape index (κ2) is 5.59. The highest BCUT2D eigenvalue weighted by Crippen LogP contribution is 2.28. The van der Waals surface area contributed by atoms with Gasteiger partial charge in [0, 0.05) is 23.9 Å². The topological polar surface area (TPSA) is 61.0 Å². The van der Waals surface area contributed by atoms with E-state index in [1.165, 1.54) is 12.8 Å². The van der Waals surface area contributed by atoms with Gasteiger partial charge in [0.25, 0.3) is 0 Å². The molecule has 0 bridgehead atoms. The third kappa shape index (κ3) is 2.39. The zero-order valence-electron chi connectivity index (χ0n) is 11.7. The van der Waals surface area contributed by atoms with Gasteiger partial charge in [-0.3, -0.25) is 0 Å². The van der Waals surface area contributed by atoms with Crippen molar-refractivity contribution in [2.75, 3.05) is 12.8 Å². The molecule has 2 aromatic rings. The van der Waals surface area contributed by atoms with Crippen LogP contribution in [0.4, 0.5) is 5.82 Å². The Kier molecular flexibility index (Phi) is 3.65. The number of aromatic nitrogens is 2. The molecule has 104 valence electrons. The lowest BCUT2D eigenvalue weighted by Gasteiger charge is -2.18. The molecule has 1 aromatic heterocycles. The molecular formula is C16H19N3O. The van der Waals surface area contributed by atoms with Crippen LogP contribution in [0.5, 0.6) is 0 Å². The summed E-state index contributed by atoms with van der Waals surface area (Å²) in [5, 5.41) is 0. The lowest BCUT2D eigenvalue weighted by molar-refractivity contribution is 0.185. The molecule has 0 unspecified atom stereocenters. The molecule has 4 nitrogen and oxygen atoms in total. The van der Waals surface area contributed by atoms with Crippen LogP contribution in [0, 0.1) is 0 Å². The number of benzene rings is 1. The summed E-state index contributed by atoms with van der Waals surface area (Å²) in [5.74, 6) is 1.35. The van der Waals surface area contributed by atoms with Crippen molar-refractivity contribution in [2.45, 2.75) is 32.3 Å². The molecule has 1 aliphatic rings. The van der Waals surface area contributed by atoms with E-state index in [1.807, 2.05) is 24.3 Å². The number of hydrogen-bond acceptors (Lipinski definition) is 4. The lowest BCUT2D eigenvalue weighted by Crippen LogP contribution is -2.12. The SMILES string of the molecule is COCc1ccccc1-c1nc(N)c2c(n1)CCCC2. The number of nitrogen functional groups attached to an aromatic ring is 1. The van der Waals surface area contributed by atoms with E-state index in [9.17, 15) is 0 Å². The van der Waals surface area contributed by atoms with Crippen molar-refractivity contribution in [3.05, 3.63) is 41.1 Å². The quantitative estimate of drug-likeness (QED) is 0.930. The van der Waals surface area contributed by atoms with E-state index < -0.39 is 0 Å². The molecule has 1 aromatic carbocycles. The average Bonchev–Trinajstić information content (AvgIpc) is 2.48. The number of aryl methyl sites for hydroxylation is 1. The minimum atomic E-state index is 0.552. The Balaban J connectivity index is 2.09. The summed E-state index contributed by atoms with van der Waals surface area (Å²) in [6, 6.07) is 8.06. The molecule has 0 atom stereocenters. The molecule has 0 fully saturated rings. The zero-order chi connectivity index (χ0) is 13.9. The van der Waals surface area contributed by atoms with E-state index in [0.29, 0.717) is 12.4 Å². The van der Waals surface area contributed by atoms with Crippen molar-refractivity contribution in [1.29, 1.82) is 0 Å². The number of fused-ring (bicyclic) bond motifs is 1. The highest BCUT2D eigenvalue weighted by atomic mass is 16.5. The number of nitrogens with two attached hydrogens (primary N) is 1. The Labute approximate surface area is 119 Å². The zero-order valence-corrected chi connectivity index (χ0v) is 11.7. The van der Waals surface area contributed by atoms with Crippen LogP contribution in [-0.4, -0.2) is 17.1 Å². The Hall–Kier alpha value is -1.94. The first-order valence-corrected chi connectivity index (χ1v) is 7.02. The molecule has 0 radical (unpaired) electrons. The summed E-state index contributed by atoms with van der Waals surface area (Å²) in [6.07, 6.45) is 4.37. The summed E-state index contributed by atoms with van der Waals surface area (Å²) in [4.78, 5) is 9.25. The fourth-order valence-electron chi connectivity index (χ4n) is 2.76. The minimum absolute atomic E-state index is 0.552. The van der Waals surface area contributed by atoms with Gasteiger partial charge >= 0.3 is 0 Å². The van der Waals surface area contributed by atoms with Crippen LogP contribution in [0.1, 0.15) is 29.7 Å². The summed E-state index contributed by atoms with van der Waals surface area (Å²) in [7, 11) is 1.69. The molecule has 0 saturated heterocycles. The molecule has 3 rings (SSSR count). The first-order chi connectivity index (χ1) is 9.79. The summed E-state index contributed by atoms with van der Waals surface area (Å²) >= 11 is 0. The van der Waals surface area contributed by atoms with Crippen LogP contribution in [0.2, 0.25) is 0 Å². The Morgan fingerprint density at radius 1 is 1.15 bits per heavy atom. The van der Waals surface area contributed by atoms with Gasteiger partial charge in [-0.05, 0) is 31.2 Å². The van der Waals surface area contributed by atoms with Gasteiger partial charge in [-0.1, -0.05) is 24.3 Å². The predicted molar refractivity (Wildman–Crippen MR) is 79.2 cm³/mol. The molecule has 0 spiro atoms. The fraction of sp³-hybridized carbons (Fsp3) is 0.375. The minimum Gasteiger partial charge on any atom is -0.383 e. The number of rotatable bonds is 3. The van der Waals surface area contributed by atoms with Crippen LogP contribution >= 0.6 is 0 Å². The fourth-order valence-corrected chi connectivity index (χ4v) is 2.76. The molecule has 4 heteroatoms. The Morgan fingerprint density at radius 2 is 1.95 bits per heavy atom. The van der Waals surface area contributed by atoms with Gasteiger partial charge in [0.15, 0.2) is 5.82 Å². The van der Waals surface area contributed by atoms with Crippen LogP contribution in [0.15, 0.2) is 24.3 Å². The maximum atomic E-state index is 6.12. The Morgan fingerprint density at radius 3 is 2.80 bits per heavy atom. The molecule has 1 aliphatic carbocycles. The number of methoxy groups -OCH3 is 1. The molecular weight excluding hydrogens is 250 g/mol. The van der Waals surface area contributed by atoms with Crippen molar-refractivity contribution in [2.24, 2.45) is 0 Å². The van der Waals surface area contributed by atoms with E-state index in [1.54, 1.807) is 7.11 Å². The van der Waals surface area contributed by atoms with Gasteiger partial charge < -0.3 is 10.5 Å². The highest BCUT2D eigenvalue weighted by Gasteiger charge is 2.17. The van der Waals surface area contributed by atoms with Crippen molar-refractivity contribution in [1.82, 2.24) is 9.97 Å². The maximum absolute atomic E-state index is 6.12. The monoisotopic (exact) mass is 269 g/mol. The van der Waals surface area contributed by atoms with Gasteiger partial charge in [0.05, 0.1) is 6.61 Å². The maximum Gasteiger partial charge on any atom is 0.162 e. The number of nitrogens with zero attached hydrogens (tertiary/aromatic N) is 2. The molecule has 20 heavy (non-hydrogen) atoms. The summed E-state index contributed by atoms with van der Waals surface area (Å²) < 4.78 is 5.25. The largest absolute Gasteiger partial charge is 0.383 e. The number of ether oxygens (including phenoxy) is 1. The molecule has 2 N–H and O–H groups in total. The van der Waals surface area contributed by atoms with Crippen LogP contribution in [0.3, 0.4) is 0 Å². The highest BCUT2D eigenvalue weighted by molar-refractivity contribution is 5.63. The number of anilines is 1. The molecule has 1 heterocycles. The summed E-state index contributed by atoms with van der Waals surface area (Å²) in [6.45, 7) is 0.552. The standard InChI is InChI=1S/C16H19N3O/c1-20-10-11-6-2-3-7-12(11)16-18-14-9-5-4-8-13(14)15(17)19-16/h2-3,6-7H,4-5,8-10H2,1H3,(H2,17,18,19). The second-order valence-corrected chi connectivity index (χ2v) is 5.15. The third-order valence-corrected chi connectivity index (χ3v) is 3.77. The van der Waals surface area contributed by atoms with Crippen molar-refractivity contribution in [3.63, 3.8) is 0 Å². The van der Waals surface area contributed by atoms with E-state index in [4.69, 9.17) is 15.5 Å². The van der Waals surface area contributed by atoms with E-state index in [2.05, 4.69) is 4.98 Å². The molecule has 0 saturated carbocycles. The normalized spacial score (nSPS) is 14.1. The molecule has 0 amide bonds. The van der Waals surface area contributed by atoms with Gasteiger partial charge in [-0.15, -0.1) is 0 Å². The molecule has 0 aliphatic heterocycles. The van der Waals surface area contributed by atoms with Crippen LogP contribution < -0.4 is 5.73 Å². The van der Waals surface area contributed by atoms with E-state index in [0.717, 1.165) is 41.1 Å². The van der Waals surface area contributed by atoms with E-state index >= 15 is 0 Å². The van der Waals surface area contributed by atoms with Gasteiger partial charge in [-0.2, -0.15) is 0 Å². The van der Waals surface area contributed by atoms with Crippen LogP contribution in [-0.2, 0) is 24.2 Å². The van der Waals surface area contributed by atoms with Crippen molar-refractivity contribution >= 4 is 5.82 Å². The summed E-state index contributed by atoms with van der Waals surface area (Å²) in [5.41, 5.74) is 10.5. The first-order valence-electron chi connectivity index (χ1n) is 7.02. The average molecular weight is 269 g/mol. The second-order valence-electron chi connectivity index (χ2n) is 5.15. The van der Waals surface area contributed by atoms with Gasteiger partial charge in [0.1, 0.15) is 5.82 Å². The Bertz CT molecular complexity index is 625. The van der Waals surface area contributed by atoms with Crippen molar-refractivity contribution < 1.29 is 4.74 Å². The number of hydrogen-bond donors (Lipinski definition) is 1. The third-order valence-electron chi connectivity index (χ3n) is 3.77. The first kappa shape index (κ1) is 13.1. The lowest BCUT2D eigenvalue weighted by atomic mass is 9.96. The smallest absolute Gasteiger partial charge is 0.162 e. The van der Waals surface area contributed by atoms with Crippen molar-refractivity contribution in [3.8, 4) is 11.4 Å². The van der Waals surface area contributed by atoms with Gasteiger partial charge in [0.2, 0.25) is 0 Å². The van der Waals surface area contributed by atoms with Gasteiger partial charge in [-0.25, -0.2) is 9.97 Å².